The van der Waals surface area contributed by atoms with Crippen LogP contribution in [0, 0.1) is 23.6 Å². The van der Waals surface area contributed by atoms with Gasteiger partial charge in [-0.3, -0.25) is 4.79 Å². The van der Waals surface area contributed by atoms with E-state index in [0.29, 0.717) is 19.2 Å². The zero-order valence-electron chi connectivity index (χ0n) is 19.0. The number of piperidine rings is 1. The number of halogens is 4. The fourth-order valence-electron chi connectivity index (χ4n) is 4.29. The molecule has 11 heteroatoms. The summed E-state index contributed by atoms with van der Waals surface area (Å²) in [7, 11) is 0. The van der Waals surface area contributed by atoms with Gasteiger partial charge in [0, 0.05) is 24.6 Å². The molecule has 0 spiro atoms. The monoisotopic (exact) mass is 473 g/mol. The number of nitrogens with zero attached hydrogens (tertiary/aromatic N) is 2. The Hall–Kier alpha value is -2.85. The third-order valence-corrected chi connectivity index (χ3v) is 5.84. The molecular weight excluding hydrogens is 446 g/mol. The van der Waals surface area contributed by atoms with Crippen molar-refractivity contribution in [2.24, 2.45) is 22.9 Å². The Kier molecular flexibility index (Phi) is 6.14. The minimum absolute atomic E-state index is 0.0758. The van der Waals surface area contributed by atoms with E-state index in [2.05, 4.69) is 10.5 Å². The molecule has 2 amide bonds. The third-order valence-electron chi connectivity index (χ3n) is 5.84. The van der Waals surface area contributed by atoms with Gasteiger partial charge in [0.1, 0.15) is 17.1 Å². The summed E-state index contributed by atoms with van der Waals surface area (Å²) in [6.07, 6.45) is -5.39. The number of amides is 2. The zero-order chi connectivity index (χ0) is 24.9. The van der Waals surface area contributed by atoms with Crippen LogP contribution in [0.25, 0.3) is 0 Å². The predicted molar refractivity (Wildman–Crippen MR) is 110 cm³/mol. The Labute approximate surface area is 188 Å². The number of nitrogens with one attached hydrogen (secondary N) is 1. The van der Waals surface area contributed by atoms with Crippen LogP contribution in [0.4, 0.5) is 22.4 Å². The van der Waals surface area contributed by atoms with E-state index in [0.717, 1.165) is 12.1 Å². The van der Waals surface area contributed by atoms with Crippen molar-refractivity contribution in [2.45, 2.75) is 51.9 Å². The van der Waals surface area contributed by atoms with Crippen LogP contribution in [0.3, 0.4) is 0 Å². The van der Waals surface area contributed by atoms with Crippen molar-refractivity contribution in [2.75, 3.05) is 13.1 Å². The van der Waals surface area contributed by atoms with Gasteiger partial charge in [-0.15, -0.1) is 0 Å². The maximum absolute atomic E-state index is 14.6. The molecule has 1 saturated carbocycles. The minimum Gasteiger partial charge on any atom is -0.444 e. The number of carbonyl (C=O) groups is 2. The Bertz CT molecular complexity index is 973. The number of benzene rings is 1. The summed E-state index contributed by atoms with van der Waals surface area (Å²) < 4.78 is 59.2. The van der Waals surface area contributed by atoms with Gasteiger partial charge in [-0.25, -0.2) is 9.18 Å². The molecule has 1 aromatic carbocycles. The van der Waals surface area contributed by atoms with Gasteiger partial charge in [-0.1, -0.05) is 11.2 Å². The number of hydrogen-bond acceptors (Lipinski definition) is 5. The average molecular weight is 473 g/mol. The summed E-state index contributed by atoms with van der Waals surface area (Å²) in [6.45, 7) is 8.78. The topological polar surface area (TPSA) is 91.2 Å². The zero-order valence-corrected chi connectivity index (χ0v) is 19.0. The summed E-state index contributed by atoms with van der Waals surface area (Å²) in [5, 5.41) is 15.1. The van der Waals surface area contributed by atoms with Crippen molar-refractivity contribution in [3.8, 4) is 0 Å². The first kappa shape index (κ1) is 24.8. The van der Waals surface area contributed by atoms with Crippen LogP contribution in [-0.4, -0.2) is 52.0 Å². The SMILES string of the molecule is CC(C)(C)OC(=O)N1CC2C(C(=O)NC(C)(C)/C(=N/O)c3cccc(C(F)(F)F)c3F)[C@@H]2C1. The third kappa shape index (κ3) is 5.06. The van der Waals surface area contributed by atoms with Gasteiger partial charge in [0.05, 0.1) is 11.1 Å². The molecule has 1 saturated heterocycles. The summed E-state index contributed by atoms with van der Waals surface area (Å²) in [6, 6.07) is 2.64. The molecular formula is C22H27F4N3O4. The molecule has 1 aromatic rings. The highest BCUT2D eigenvalue weighted by Crippen LogP contribution is 2.52. The highest BCUT2D eigenvalue weighted by Gasteiger charge is 2.61. The number of likely N-dealkylation sites (tertiary alicyclic amines) is 1. The molecule has 1 aliphatic carbocycles. The maximum Gasteiger partial charge on any atom is 0.419 e. The minimum atomic E-state index is -4.93. The van der Waals surface area contributed by atoms with Crippen LogP contribution >= 0.6 is 0 Å². The molecule has 2 fully saturated rings. The maximum atomic E-state index is 14.6. The number of ether oxygens (including phenoxy) is 1. The Morgan fingerprint density at radius 2 is 1.70 bits per heavy atom. The number of rotatable bonds is 4. The van der Waals surface area contributed by atoms with Crippen molar-refractivity contribution >= 4 is 17.7 Å². The van der Waals surface area contributed by atoms with Gasteiger partial charge in [-0.05, 0) is 58.6 Å². The molecule has 2 N–H and O–H groups in total. The van der Waals surface area contributed by atoms with Crippen LogP contribution in [0.5, 0.6) is 0 Å². The molecule has 0 bridgehead atoms. The van der Waals surface area contributed by atoms with Crippen LogP contribution in [-0.2, 0) is 15.7 Å². The largest absolute Gasteiger partial charge is 0.444 e. The van der Waals surface area contributed by atoms with E-state index < -0.39 is 57.9 Å². The van der Waals surface area contributed by atoms with E-state index in [1.165, 1.54) is 18.7 Å². The van der Waals surface area contributed by atoms with Crippen LogP contribution in [0.2, 0.25) is 0 Å². The molecule has 3 atom stereocenters. The van der Waals surface area contributed by atoms with Crippen molar-refractivity contribution in [1.82, 2.24) is 10.2 Å². The normalized spacial score (nSPS) is 23.2. The first-order valence-corrected chi connectivity index (χ1v) is 10.5. The standard InChI is InChI=1S/C22H27F4N3O4/c1-20(2,3)33-19(31)29-9-12-13(10-29)15(12)18(30)27-21(4,5)17(28-32)11-7-6-8-14(16(11)23)22(24,25)26/h6-8,12-13,15,32H,9-10H2,1-5H3,(H,27,30)/b28-17+/t12-,13?,15?/m1/s1. The Balaban J connectivity index is 1.68. The molecule has 1 aliphatic heterocycles. The van der Waals surface area contributed by atoms with Crippen LogP contribution in [0.15, 0.2) is 23.4 Å². The number of oxime groups is 1. The summed E-state index contributed by atoms with van der Waals surface area (Å²) >= 11 is 0. The lowest BCUT2D eigenvalue weighted by molar-refractivity contribution is -0.140. The van der Waals surface area contributed by atoms with E-state index in [4.69, 9.17) is 4.74 Å². The van der Waals surface area contributed by atoms with Crippen molar-refractivity contribution < 1.29 is 37.1 Å². The molecule has 2 unspecified atom stereocenters. The lowest BCUT2D eigenvalue weighted by Gasteiger charge is -2.29. The lowest BCUT2D eigenvalue weighted by atomic mass is 9.90. The lowest BCUT2D eigenvalue weighted by Crippen LogP contribution is -2.51. The number of alkyl halides is 3. The summed E-state index contributed by atoms with van der Waals surface area (Å²) in [5.41, 5.74) is -4.62. The van der Waals surface area contributed by atoms with Gasteiger partial charge >= 0.3 is 12.3 Å². The highest BCUT2D eigenvalue weighted by molar-refractivity contribution is 6.08. The van der Waals surface area contributed by atoms with E-state index in [1.807, 2.05) is 0 Å². The van der Waals surface area contributed by atoms with Gasteiger partial charge in [-0.2, -0.15) is 13.2 Å². The van der Waals surface area contributed by atoms with Gasteiger partial charge < -0.3 is 20.2 Å². The molecule has 33 heavy (non-hydrogen) atoms. The predicted octanol–water partition coefficient (Wildman–Crippen LogP) is 4.03. The first-order valence-electron chi connectivity index (χ1n) is 10.5. The summed E-state index contributed by atoms with van der Waals surface area (Å²) in [5.74, 6) is -2.56. The van der Waals surface area contributed by atoms with Crippen LogP contribution in [0.1, 0.15) is 45.7 Å². The van der Waals surface area contributed by atoms with E-state index >= 15 is 0 Å². The van der Waals surface area contributed by atoms with Crippen molar-refractivity contribution in [3.05, 3.63) is 35.1 Å². The van der Waals surface area contributed by atoms with E-state index in [1.54, 1.807) is 20.8 Å². The molecule has 0 aromatic heterocycles. The van der Waals surface area contributed by atoms with Gasteiger partial charge in [0.25, 0.3) is 0 Å². The van der Waals surface area contributed by atoms with Gasteiger partial charge in [0.2, 0.25) is 5.91 Å². The molecule has 2 aliphatic rings. The molecule has 1 heterocycles. The Morgan fingerprint density at radius 1 is 1.12 bits per heavy atom. The molecule has 7 nitrogen and oxygen atoms in total. The average Bonchev–Trinajstić information content (AvgIpc) is 3.15. The van der Waals surface area contributed by atoms with E-state index in [-0.39, 0.29) is 11.8 Å². The van der Waals surface area contributed by atoms with Gasteiger partial charge in [0.15, 0.2) is 0 Å². The quantitative estimate of drug-likeness (QED) is 0.299. The second-order valence-corrected chi connectivity index (χ2v) is 9.97. The van der Waals surface area contributed by atoms with Crippen LogP contribution < -0.4 is 5.32 Å². The number of carbonyl (C=O) groups excluding carboxylic acids is 2. The molecule has 182 valence electrons. The highest BCUT2D eigenvalue weighted by atomic mass is 19.4. The second-order valence-electron chi connectivity index (χ2n) is 9.97. The number of fused-ring (bicyclic) bond motifs is 1. The smallest absolute Gasteiger partial charge is 0.419 e. The van der Waals surface area contributed by atoms with Crippen molar-refractivity contribution in [3.63, 3.8) is 0 Å². The molecule has 0 radical (unpaired) electrons. The molecule has 3 rings (SSSR count). The fraction of sp³-hybridized carbons (Fsp3) is 0.591. The van der Waals surface area contributed by atoms with Crippen molar-refractivity contribution in [1.29, 1.82) is 0 Å². The Morgan fingerprint density at radius 3 is 2.18 bits per heavy atom. The van der Waals surface area contributed by atoms with E-state index in [9.17, 15) is 32.4 Å². The summed E-state index contributed by atoms with van der Waals surface area (Å²) in [4.78, 5) is 26.6. The number of hydrogen-bond donors (Lipinski definition) is 2. The first-order chi connectivity index (χ1) is 15.1. The second kappa shape index (κ2) is 8.18. The fourth-order valence-corrected chi connectivity index (χ4v) is 4.29.